The summed E-state index contributed by atoms with van der Waals surface area (Å²) in [6, 6.07) is 15.3. The van der Waals surface area contributed by atoms with Crippen molar-refractivity contribution >= 4 is 17.8 Å². The summed E-state index contributed by atoms with van der Waals surface area (Å²) >= 11 is 0. The number of carbonyl (C=O) groups is 3. The van der Waals surface area contributed by atoms with Crippen LogP contribution in [0.25, 0.3) is 0 Å². The molecule has 0 fully saturated rings. The van der Waals surface area contributed by atoms with Crippen molar-refractivity contribution in [1.82, 2.24) is 5.32 Å². The number of amides is 1. The first kappa shape index (κ1) is 21.6. The minimum atomic E-state index is -1.60. The largest absolute Gasteiger partial charge is 0.468 e. The van der Waals surface area contributed by atoms with Crippen molar-refractivity contribution in [1.29, 1.82) is 0 Å². The fourth-order valence-corrected chi connectivity index (χ4v) is 3.98. The molecule has 1 amide bonds. The third-order valence-electron chi connectivity index (χ3n) is 5.29. The number of Topliss-reactive ketones (excluding diaryl/α,β-unsaturated/α-hetero) is 1. The molecule has 1 aliphatic carbocycles. The summed E-state index contributed by atoms with van der Waals surface area (Å²) < 4.78 is 10.5. The van der Waals surface area contributed by atoms with Gasteiger partial charge >= 0.3 is 12.1 Å². The third kappa shape index (κ3) is 4.08. The molecule has 0 saturated carbocycles. The van der Waals surface area contributed by atoms with E-state index in [4.69, 9.17) is 9.47 Å². The van der Waals surface area contributed by atoms with Crippen LogP contribution in [0.1, 0.15) is 54.7 Å². The Morgan fingerprint density at radius 2 is 1.67 bits per heavy atom. The van der Waals surface area contributed by atoms with Crippen molar-refractivity contribution in [2.75, 3.05) is 7.11 Å². The van der Waals surface area contributed by atoms with Gasteiger partial charge in [-0.1, -0.05) is 54.6 Å². The summed E-state index contributed by atoms with van der Waals surface area (Å²) in [6.45, 7) is 5.26. The van der Waals surface area contributed by atoms with Gasteiger partial charge in [-0.15, -0.1) is 0 Å². The topological polar surface area (TPSA) is 81.7 Å². The third-order valence-corrected chi connectivity index (χ3v) is 5.29. The van der Waals surface area contributed by atoms with E-state index in [2.05, 4.69) is 5.32 Å². The zero-order valence-corrected chi connectivity index (χ0v) is 17.7. The molecule has 0 aliphatic heterocycles. The summed E-state index contributed by atoms with van der Waals surface area (Å²) in [5, 5.41) is 2.79. The number of ether oxygens (including phenoxy) is 2. The maximum atomic E-state index is 13.7. The van der Waals surface area contributed by atoms with E-state index in [1.807, 2.05) is 18.2 Å². The zero-order valence-electron chi connectivity index (χ0n) is 17.7. The summed E-state index contributed by atoms with van der Waals surface area (Å²) in [5.74, 6) is -1.03. The lowest BCUT2D eigenvalue weighted by atomic mass is 9.64. The van der Waals surface area contributed by atoms with Crippen LogP contribution in [0.3, 0.4) is 0 Å². The molecule has 6 nitrogen and oxygen atoms in total. The highest BCUT2D eigenvalue weighted by atomic mass is 16.6. The van der Waals surface area contributed by atoms with Crippen LogP contribution in [-0.2, 0) is 20.7 Å². The van der Waals surface area contributed by atoms with Crippen LogP contribution in [0.4, 0.5) is 4.79 Å². The molecular formula is C24H27NO5. The van der Waals surface area contributed by atoms with E-state index in [-0.39, 0.29) is 12.2 Å². The molecule has 2 aromatic rings. The second kappa shape index (κ2) is 8.30. The fourth-order valence-electron chi connectivity index (χ4n) is 3.98. The molecule has 30 heavy (non-hydrogen) atoms. The monoisotopic (exact) mass is 409 g/mol. The van der Waals surface area contributed by atoms with Crippen LogP contribution in [0, 0.1) is 5.41 Å². The van der Waals surface area contributed by atoms with Crippen molar-refractivity contribution in [2.45, 2.75) is 45.3 Å². The normalized spacial score (nSPS) is 19.4. The highest BCUT2D eigenvalue weighted by molar-refractivity contribution is 6.15. The number of aryl methyl sites for hydroxylation is 1. The predicted octanol–water partition coefficient (Wildman–Crippen LogP) is 4.24. The summed E-state index contributed by atoms with van der Waals surface area (Å²) in [5.41, 5.74) is -0.345. The quantitative estimate of drug-likeness (QED) is 0.603. The molecule has 1 aliphatic rings. The van der Waals surface area contributed by atoms with Gasteiger partial charge in [-0.05, 0) is 44.7 Å². The second-order valence-electron chi connectivity index (χ2n) is 8.44. The number of methoxy groups -OCH3 is 1. The van der Waals surface area contributed by atoms with Crippen molar-refractivity contribution in [3.8, 4) is 0 Å². The molecule has 6 heteroatoms. The average molecular weight is 409 g/mol. The van der Waals surface area contributed by atoms with E-state index >= 15 is 0 Å². The van der Waals surface area contributed by atoms with Crippen molar-refractivity contribution in [3.63, 3.8) is 0 Å². The standard InChI is InChI=1S/C24H27NO5/c1-23(2,3)30-22(28)25-19(17-11-6-5-7-12-17)24(21(27)29-4)15-14-16-10-8-9-13-18(16)20(24)26/h5-13,19H,14-15H2,1-4H3,(H,25,28)/t19-,24+/m0/s1. The van der Waals surface area contributed by atoms with Crippen LogP contribution >= 0.6 is 0 Å². The number of hydrogen-bond donors (Lipinski definition) is 1. The van der Waals surface area contributed by atoms with Crippen molar-refractivity contribution < 1.29 is 23.9 Å². The van der Waals surface area contributed by atoms with Crippen LogP contribution in [0.2, 0.25) is 0 Å². The van der Waals surface area contributed by atoms with Gasteiger partial charge in [0.1, 0.15) is 5.60 Å². The number of hydrogen-bond acceptors (Lipinski definition) is 5. The predicted molar refractivity (Wildman–Crippen MR) is 112 cm³/mol. The molecule has 158 valence electrons. The molecule has 2 aromatic carbocycles. The summed E-state index contributed by atoms with van der Waals surface area (Å²) in [4.78, 5) is 39.6. The molecular weight excluding hydrogens is 382 g/mol. The number of nitrogens with one attached hydrogen (secondary N) is 1. The Bertz CT molecular complexity index is 948. The lowest BCUT2D eigenvalue weighted by Gasteiger charge is -2.40. The number of alkyl carbamates (subject to hydrolysis) is 1. The molecule has 0 bridgehead atoms. The van der Waals surface area contributed by atoms with Gasteiger partial charge in [0.05, 0.1) is 13.2 Å². The molecule has 0 unspecified atom stereocenters. The number of esters is 1. The molecule has 0 aromatic heterocycles. The van der Waals surface area contributed by atoms with E-state index in [1.54, 1.807) is 57.2 Å². The van der Waals surface area contributed by atoms with Crippen molar-refractivity contribution in [3.05, 3.63) is 71.3 Å². The summed E-state index contributed by atoms with van der Waals surface area (Å²) in [6.07, 6.45) is 0.0209. The number of carbonyl (C=O) groups excluding carboxylic acids is 3. The summed E-state index contributed by atoms with van der Waals surface area (Å²) in [7, 11) is 1.26. The van der Waals surface area contributed by atoms with E-state index < -0.39 is 29.1 Å². The van der Waals surface area contributed by atoms with E-state index in [0.29, 0.717) is 17.5 Å². The Hall–Kier alpha value is -3.15. The average Bonchev–Trinajstić information content (AvgIpc) is 2.72. The van der Waals surface area contributed by atoms with Gasteiger partial charge in [0.2, 0.25) is 0 Å². The number of benzene rings is 2. The Kier molecular flexibility index (Phi) is 5.97. The second-order valence-corrected chi connectivity index (χ2v) is 8.44. The molecule has 0 heterocycles. The highest BCUT2D eigenvalue weighted by Crippen LogP contribution is 2.46. The van der Waals surface area contributed by atoms with Crippen LogP contribution in [0.15, 0.2) is 54.6 Å². The molecule has 0 radical (unpaired) electrons. The first-order valence-corrected chi connectivity index (χ1v) is 9.94. The van der Waals surface area contributed by atoms with Gasteiger partial charge < -0.3 is 14.8 Å². The Morgan fingerprint density at radius 3 is 2.30 bits per heavy atom. The highest BCUT2D eigenvalue weighted by Gasteiger charge is 2.56. The maximum absolute atomic E-state index is 13.7. The molecule has 0 spiro atoms. The first-order chi connectivity index (χ1) is 14.2. The van der Waals surface area contributed by atoms with Gasteiger partial charge in [0, 0.05) is 5.56 Å². The zero-order chi connectivity index (χ0) is 21.9. The first-order valence-electron chi connectivity index (χ1n) is 9.94. The molecule has 0 saturated heterocycles. The van der Waals surface area contributed by atoms with Gasteiger partial charge in [0.15, 0.2) is 11.2 Å². The van der Waals surface area contributed by atoms with Crippen LogP contribution < -0.4 is 5.32 Å². The van der Waals surface area contributed by atoms with E-state index in [1.165, 1.54) is 7.11 Å². The van der Waals surface area contributed by atoms with Gasteiger partial charge in [-0.3, -0.25) is 9.59 Å². The lowest BCUT2D eigenvalue weighted by Crippen LogP contribution is -2.54. The number of rotatable bonds is 4. The molecule has 1 N–H and O–H groups in total. The van der Waals surface area contributed by atoms with Gasteiger partial charge in [0.25, 0.3) is 0 Å². The van der Waals surface area contributed by atoms with E-state index in [9.17, 15) is 14.4 Å². The fraction of sp³-hybridized carbons (Fsp3) is 0.375. The smallest absolute Gasteiger partial charge is 0.408 e. The Labute approximate surface area is 176 Å². The van der Waals surface area contributed by atoms with Crippen LogP contribution in [-0.4, -0.2) is 30.6 Å². The Morgan fingerprint density at radius 1 is 1.03 bits per heavy atom. The molecule has 2 atom stereocenters. The van der Waals surface area contributed by atoms with Crippen molar-refractivity contribution in [2.24, 2.45) is 5.41 Å². The van der Waals surface area contributed by atoms with E-state index in [0.717, 1.165) is 5.56 Å². The lowest BCUT2D eigenvalue weighted by molar-refractivity contribution is -0.152. The minimum Gasteiger partial charge on any atom is -0.468 e. The van der Waals surface area contributed by atoms with Gasteiger partial charge in [-0.25, -0.2) is 4.79 Å². The SMILES string of the molecule is COC(=O)[C@@]1([C@@H](NC(=O)OC(C)(C)C)c2ccccc2)CCc2ccccc2C1=O. The molecule has 3 rings (SSSR count). The van der Waals surface area contributed by atoms with Crippen LogP contribution in [0.5, 0.6) is 0 Å². The maximum Gasteiger partial charge on any atom is 0.408 e. The number of ketones is 1. The van der Waals surface area contributed by atoms with Gasteiger partial charge in [-0.2, -0.15) is 0 Å². The Balaban J connectivity index is 2.13. The number of fused-ring (bicyclic) bond motifs is 1. The minimum absolute atomic E-state index is 0.213.